The average molecular weight is 341 g/mol. The van der Waals surface area contributed by atoms with Gasteiger partial charge in [0.05, 0.1) is 23.6 Å². The van der Waals surface area contributed by atoms with Gasteiger partial charge in [0.2, 0.25) is 5.91 Å². The number of amides is 3. The third kappa shape index (κ3) is 3.18. The third-order valence-electron chi connectivity index (χ3n) is 4.94. The molecule has 4 rings (SSSR count). The molecular formula is C18H23N5O2. The van der Waals surface area contributed by atoms with Crippen LogP contribution >= 0.6 is 0 Å². The molecule has 1 aliphatic heterocycles. The van der Waals surface area contributed by atoms with Crippen molar-refractivity contribution in [1.82, 2.24) is 25.1 Å². The monoisotopic (exact) mass is 341 g/mol. The van der Waals surface area contributed by atoms with Crippen molar-refractivity contribution < 1.29 is 9.59 Å². The fourth-order valence-electron chi connectivity index (χ4n) is 3.58. The molecule has 0 unspecified atom stereocenters. The van der Waals surface area contributed by atoms with Crippen molar-refractivity contribution in [2.75, 3.05) is 6.54 Å². The highest BCUT2D eigenvalue weighted by molar-refractivity contribution is 5.82. The number of likely N-dealkylation sites (tertiary alicyclic amines) is 1. The standard InChI is InChI=1S/C18H23N5O2/c1-2-22-15-6-4-3-5-14(15)21-16(22)10-19-18(25)20-12-9-17(24)23(11-12)13-7-8-13/h3-6,12-13H,2,7-11H2,1H3,(H2,19,20,25)/t12-/m1/s1. The maximum atomic E-state index is 12.2. The Hall–Kier alpha value is -2.57. The van der Waals surface area contributed by atoms with Gasteiger partial charge >= 0.3 is 6.03 Å². The van der Waals surface area contributed by atoms with E-state index in [1.807, 2.05) is 29.2 Å². The second-order valence-corrected chi connectivity index (χ2v) is 6.77. The van der Waals surface area contributed by atoms with Crippen LogP contribution in [0.4, 0.5) is 4.79 Å². The first-order chi connectivity index (χ1) is 12.2. The van der Waals surface area contributed by atoms with Crippen molar-refractivity contribution >= 4 is 23.0 Å². The topological polar surface area (TPSA) is 79.3 Å². The van der Waals surface area contributed by atoms with Gasteiger partial charge in [-0.15, -0.1) is 0 Å². The summed E-state index contributed by atoms with van der Waals surface area (Å²) < 4.78 is 2.10. The van der Waals surface area contributed by atoms with Crippen LogP contribution in [0, 0.1) is 0 Å². The molecule has 1 saturated carbocycles. The van der Waals surface area contributed by atoms with Crippen LogP contribution in [0.2, 0.25) is 0 Å². The van der Waals surface area contributed by atoms with Crippen molar-refractivity contribution in [1.29, 1.82) is 0 Å². The van der Waals surface area contributed by atoms with Gasteiger partial charge in [0.25, 0.3) is 0 Å². The summed E-state index contributed by atoms with van der Waals surface area (Å²) in [6.45, 7) is 3.85. The Morgan fingerprint density at radius 1 is 1.32 bits per heavy atom. The highest BCUT2D eigenvalue weighted by Gasteiger charge is 2.39. The van der Waals surface area contributed by atoms with Gasteiger partial charge < -0.3 is 20.1 Å². The van der Waals surface area contributed by atoms with Gasteiger partial charge in [-0.05, 0) is 31.9 Å². The van der Waals surface area contributed by atoms with E-state index in [9.17, 15) is 9.59 Å². The molecule has 0 bridgehead atoms. The molecule has 1 aliphatic carbocycles. The molecule has 2 aromatic rings. The van der Waals surface area contributed by atoms with Gasteiger partial charge in [-0.1, -0.05) is 12.1 Å². The molecule has 0 spiro atoms. The van der Waals surface area contributed by atoms with Gasteiger partial charge in [0.15, 0.2) is 0 Å². The van der Waals surface area contributed by atoms with Crippen LogP contribution < -0.4 is 10.6 Å². The van der Waals surface area contributed by atoms with Crippen molar-refractivity contribution in [2.45, 2.75) is 51.4 Å². The smallest absolute Gasteiger partial charge is 0.315 e. The molecule has 3 amide bonds. The summed E-state index contributed by atoms with van der Waals surface area (Å²) >= 11 is 0. The minimum absolute atomic E-state index is 0.0990. The lowest BCUT2D eigenvalue weighted by Crippen LogP contribution is -2.43. The Bertz CT molecular complexity index is 811. The molecule has 1 atom stereocenters. The lowest BCUT2D eigenvalue weighted by molar-refractivity contribution is -0.128. The molecule has 1 aromatic carbocycles. The molecule has 25 heavy (non-hydrogen) atoms. The zero-order valence-electron chi connectivity index (χ0n) is 14.4. The summed E-state index contributed by atoms with van der Waals surface area (Å²) in [5, 5.41) is 5.79. The van der Waals surface area contributed by atoms with E-state index in [-0.39, 0.29) is 18.0 Å². The molecule has 1 saturated heterocycles. The molecule has 7 nitrogen and oxygen atoms in total. The van der Waals surface area contributed by atoms with Crippen LogP contribution in [0.3, 0.4) is 0 Å². The Balaban J connectivity index is 1.35. The van der Waals surface area contributed by atoms with Crippen LogP contribution in [0.5, 0.6) is 0 Å². The van der Waals surface area contributed by atoms with E-state index in [1.54, 1.807) is 0 Å². The van der Waals surface area contributed by atoms with E-state index in [4.69, 9.17) is 0 Å². The molecule has 2 fully saturated rings. The maximum Gasteiger partial charge on any atom is 0.315 e. The highest BCUT2D eigenvalue weighted by Crippen LogP contribution is 2.30. The molecular weight excluding hydrogens is 318 g/mol. The lowest BCUT2D eigenvalue weighted by Gasteiger charge is -2.16. The number of fused-ring (bicyclic) bond motifs is 1. The largest absolute Gasteiger partial charge is 0.338 e. The van der Waals surface area contributed by atoms with E-state index in [1.165, 1.54) is 0 Å². The summed E-state index contributed by atoms with van der Waals surface area (Å²) in [5.41, 5.74) is 2.01. The Morgan fingerprint density at radius 3 is 2.88 bits per heavy atom. The summed E-state index contributed by atoms with van der Waals surface area (Å²) in [4.78, 5) is 30.7. The summed E-state index contributed by atoms with van der Waals surface area (Å²) in [6, 6.07) is 8.02. The van der Waals surface area contributed by atoms with E-state index in [0.717, 1.165) is 36.2 Å². The number of hydrogen-bond donors (Lipinski definition) is 2. The number of aryl methyl sites for hydroxylation is 1. The van der Waals surface area contributed by atoms with Gasteiger partial charge in [0.1, 0.15) is 5.82 Å². The van der Waals surface area contributed by atoms with Crippen molar-refractivity contribution in [3.8, 4) is 0 Å². The molecule has 1 aromatic heterocycles. The van der Waals surface area contributed by atoms with Crippen LogP contribution in [0.1, 0.15) is 32.0 Å². The highest BCUT2D eigenvalue weighted by atomic mass is 16.2. The number of rotatable bonds is 5. The number of carbonyl (C=O) groups excluding carboxylic acids is 2. The van der Waals surface area contributed by atoms with Crippen LogP contribution in [-0.2, 0) is 17.9 Å². The van der Waals surface area contributed by atoms with E-state index in [0.29, 0.717) is 25.6 Å². The zero-order valence-corrected chi connectivity index (χ0v) is 14.4. The van der Waals surface area contributed by atoms with Gasteiger partial charge in [-0.25, -0.2) is 9.78 Å². The fraction of sp³-hybridized carbons (Fsp3) is 0.500. The maximum absolute atomic E-state index is 12.2. The minimum atomic E-state index is -0.245. The van der Waals surface area contributed by atoms with Gasteiger partial charge in [-0.3, -0.25) is 4.79 Å². The second-order valence-electron chi connectivity index (χ2n) is 6.77. The molecule has 7 heteroatoms. The van der Waals surface area contributed by atoms with Gasteiger partial charge in [0, 0.05) is 25.6 Å². The SMILES string of the molecule is CCn1c(CNC(=O)N[C@@H]2CC(=O)N(C3CC3)C2)nc2ccccc21. The number of para-hydroxylation sites is 2. The number of carbonyl (C=O) groups is 2. The van der Waals surface area contributed by atoms with E-state index < -0.39 is 0 Å². The molecule has 2 heterocycles. The number of imidazole rings is 1. The summed E-state index contributed by atoms with van der Waals surface area (Å²) in [7, 11) is 0. The lowest BCUT2D eigenvalue weighted by atomic mass is 10.2. The fourth-order valence-corrected chi connectivity index (χ4v) is 3.58. The number of nitrogens with one attached hydrogen (secondary N) is 2. The molecule has 132 valence electrons. The number of aromatic nitrogens is 2. The van der Waals surface area contributed by atoms with E-state index in [2.05, 4.69) is 27.1 Å². The predicted molar refractivity (Wildman–Crippen MR) is 93.9 cm³/mol. The van der Waals surface area contributed by atoms with Crippen molar-refractivity contribution in [2.24, 2.45) is 0 Å². The first-order valence-corrected chi connectivity index (χ1v) is 8.93. The van der Waals surface area contributed by atoms with Crippen LogP contribution in [0.25, 0.3) is 11.0 Å². The summed E-state index contributed by atoms with van der Waals surface area (Å²) in [5.74, 6) is 0.988. The minimum Gasteiger partial charge on any atom is -0.338 e. The third-order valence-corrected chi connectivity index (χ3v) is 4.94. The average Bonchev–Trinajstić information content (AvgIpc) is 3.29. The zero-order chi connectivity index (χ0) is 17.4. The van der Waals surface area contributed by atoms with Crippen LogP contribution in [-0.4, -0.2) is 45.0 Å². The number of urea groups is 1. The Morgan fingerprint density at radius 2 is 2.12 bits per heavy atom. The Labute approximate surface area is 146 Å². The van der Waals surface area contributed by atoms with E-state index >= 15 is 0 Å². The molecule has 0 radical (unpaired) electrons. The van der Waals surface area contributed by atoms with Crippen molar-refractivity contribution in [3.63, 3.8) is 0 Å². The first kappa shape index (κ1) is 15.9. The normalized spacial score (nSPS) is 20.3. The Kier molecular flexibility index (Phi) is 4.07. The van der Waals surface area contributed by atoms with Gasteiger partial charge in [-0.2, -0.15) is 0 Å². The van der Waals surface area contributed by atoms with Crippen LogP contribution in [0.15, 0.2) is 24.3 Å². The first-order valence-electron chi connectivity index (χ1n) is 8.93. The molecule has 2 N–H and O–H groups in total. The quantitative estimate of drug-likeness (QED) is 0.867. The number of hydrogen-bond acceptors (Lipinski definition) is 3. The number of benzene rings is 1. The number of nitrogens with zero attached hydrogens (tertiary/aromatic N) is 3. The van der Waals surface area contributed by atoms with Crippen molar-refractivity contribution in [3.05, 3.63) is 30.1 Å². The second kappa shape index (κ2) is 6.38. The predicted octanol–water partition coefficient (Wildman–Crippen LogP) is 1.62. The molecule has 2 aliphatic rings. The summed E-state index contributed by atoms with van der Waals surface area (Å²) in [6.07, 6.45) is 2.59.